The highest BCUT2D eigenvalue weighted by molar-refractivity contribution is 9.10. The zero-order valence-electron chi connectivity index (χ0n) is 6.03. The lowest BCUT2D eigenvalue weighted by Crippen LogP contribution is -1.80. The van der Waals surface area contributed by atoms with E-state index < -0.39 is 0 Å². The fraction of sp³-hybridized carbons (Fsp3) is 0. The van der Waals surface area contributed by atoms with E-state index in [0.717, 1.165) is 10.9 Å². The van der Waals surface area contributed by atoms with Crippen LogP contribution in [0.1, 0.15) is 0 Å². The van der Waals surface area contributed by atoms with Crippen LogP contribution in [0.25, 0.3) is 10.9 Å². The average molecular weight is 225 g/mol. The molecule has 12 heavy (non-hydrogen) atoms. The van der Waals surface area contributed by atoms with Crippen LogP contribution in [-0.4, -0.2) is 15.1 Å². The molecule has 1 N–H and O–H groups in total. The Morgan fingerprint density at radius 3 is 3.00 bits per heavy atom. The summed E-state index contributed by atoms with van der Waals surface area (Å²) in [6.07, 6.45) is 3.15. The van der Waals surface area contributed by atoms with Crippen molar-refractivity contribution in [3.05, 3.63) is 29.1 Å². The van der Waals surface area contributed by atoms with E-state index in [1.165, 1.54) is 6.33 Å². The van der Waals surface area contributed by atoms with Gasteiger partial charge in [0.05, 0.1) is 9.99 Å². The second-order valence-electron chi connectivity index (χ2n) is 2.39. The summed E-state index contributed by atoms with van der Waals surface area (Å²) < 4.78 is 0.657. The van der Waals surface area contributed by atoms with Gasteiger partial charge in [-0.15, -0.1) is 0 Å². The molecule has 1 aromatic heterocycles. The van der Waals surface area contributed by atoms with Crippen LogP contribution < -0.4 is 0 Å². The summed E-state index contributed by atoms with van der Waals surface area (Å²) >= 11 is 3.21. The SMILES string of the molecule is Oc1cc2ncncc2cc1Br. The fourth-order valence-electron chi connectivity index (χ4n) is 0.991. The van der Waals surface area contributed by atoms with Crippen molar-refractivity contribution in [1.82, 2.24) is 9.97 Å². The number of phenolic OH excluding ortho intramolecular Hbond substituents is 1. The Morgan fingerprint density at radius 2 is 2.17 bits per heavy atom. The summed E-state index contributed by atoms with van der Waals surface area (Å²) in [6, 6.07) is 3.38. The van der Waals surface area contributed by atoms with E-state index in [0.29, 0.717) is 4.47 Å². The Labute approximate surface area is 77.2 Å². The molecule has 4 heteroatoms. The third-order valence-corrected chi connectivity index (χ3v) is 2.21. The Hall–Kier alpha value is -1.16. The number of aromatic hydroxyl groups is 1. The highest BCUT2D eigenvalue weighted by Gasteiger charge is 2.00. The van der Waals surface area contributed by atoms with Gasteiger partial charge >= 0.3 is 0 Å². The monoisotopic (exact) mass is 224 g/mol. The summed E-state index contributed by atoms with van der Waals surface area (Å²) in [5, 5.41) is 10.2. The molecule has 3 nitrogen and oxygen atoms in total. The molecule has 0 unspecified atom stereocenters. The van der Waals surface area contributed by atoms with Gasteiger partial charge in [-0.25, -0.2) is 9.97 Å². The number of rotatable bonds is 0. The molecule has 0 amide bonds. The Bertz CT molecular complexity index is 390. The molecule has 0 aliphatic rings. The number of phenols is 1. The van der Waals surface area contributed by atoms with Crippen LogP contribution in [-0.2, 0) is 0 Å². The zero-order chi connectivity index (χ0) is 8.55. The van der Waals surface area contributed by atoms with Gasteiger partial charge in [0, 0.05) is 17.6 Å². The number of nitrogens with zero attached hydrogens (tertiary/aromatic N) is 2. The number of aromatic nitrogens is 2. The second kappa shape index (κ2) is 2.71. The molecule has 0 aliphatic carbocycles. The van der Waals surface area contributed by atoms with Crippen LogP contribution in [0.4, 0.5) is 0 Å². The van der Waals surface area contributed by atoms with Gasteiger partial charge in [-0.3, -0.25) is 0 Å². The van der Waals surface area contributed by atoms with E-state index in [9.17, 15) is 5.11 Å². The maximum atomic E-state index is 9.31. The first-order valence-corrected chi connectivity index (χ1v) is 4.15. The molecule has 0 atom stereocenters. The quantitative estimate of drug-likeness (QED) is 0.746. The smallest absolute Gasteiger partial charge is 0.131 e. The van der Waals surface area contributed by atoms with E-state index in [-0.39, 0.29) is 5.75 Å². The molecule has 1 aromatic carbocycles. The molecule has 2 rings (SSSR count). The summed E-state index contributed by atoms with van der Waals surface area (Å²) in [5.74, 6) is 0.196. The van der Waals surface area contributed by atoms with Crippen molar-refractivity contribution in [2.45, 2.75) is 0 Å². The zero-order valence-corrected chi connectivity index (χ0v) is 7.62. The molecular formula is C8H5BrN2O. The maximum absolute atomic E-state index is 9.31. The first-order valence-electron chi connectivity index (χ1n) is 3.35. The molecule has 1 heterocycles. The highest BCUT2D eigenvalue weighted by atomic mass is 79.9. The van der Waals surface area contributed by atoms with E-state index in [1.54, 1.807) is 18.3 Å². The average Bonchev–Trinajstić information content (AvgIpc) is 2.07. The summed E-state index contributed by atoms with van der Waals surface area (Å²) in [6.45, 7) is 0. The summed E-state index contributed by atoms with van der Waals surface area (Å²) in [4.78, 5) is 7.86. The second-order valence-corrected chi connectivity index (χ2v) is 3.24. The molecule has 0 aliphatic heterocycles. The van der Waals surface area contributed by atoms with E-state index in [4.69, 9.17) is 0 Å². The van der Waals surface area contributed by atoms with E-state index in [1.807, 2.05) is 0 Å². The highest BCUT2D eigenvalue weighted by Crippen LogP contribution is 2.27. The summed E-state index contributed by atoms with van der Waals surface area (Å²) in [5.41, 5.74) is 0.741. The topological polar surface area (TPSA) is 46.0 Å². The Morgan fingerprint density at radius 1 is 1.33 bits per heavy atom. The standard InChI is InChI=1S/C8H5BrN2O/c9-6-1-5-3-10-4-11-7(5)2-8(6)12/h1-4,12H. The molecule has 0 bridgehead atoms. The fourth-order valence-corrected chi connectivity index (χ4v) is 1.35. The lowest BCUT2D eigenvalue weighted by molar-refractivity contribution is 0.472. The number of halogens is 1. The van der Waals surface area contributed by atoms with Crippen LogP contribution in [0.3, 0.4) is 0 Å². The third-order valence-electron chi connectivity index (χ3n) is 1.57. The van der Waals surface area contributed by atoms with Crippen molar-refractivity contribution in [2.24, 2.45) is 0 Å². The minimum Gasteiger partial charge on any atom is -0.507 e. The largest absolute Gasteiger partial charge is 0.507 e. The normalized spacial score (nSPS) is 10.4. The summed E-state index contributed by atoms with van der Waals surface area (Å²) in [7, 11) is 0. The maximum Gasteiger partial charge on any atom is 0.131 e. The molecule has 0 spiro atoms. The predicted molar refractivity (Wildman–Crippen MR) is 48.9 cm³/mol. The van der Waals surface area contributed by atoms with Crippen LogP contribution in [0.5, 0.6) is 5.75 Å². The van der Waals surface area contributed by atoms with Gasteiger partial charge in [-0.05, 0) is 22.0 Å². The third kappa shape index (κ3) is 1.14. The van der Waals surface area contributed by atoms with E-state index in [2.05, 4.69) is 25.9 Å². The predicted octanol–water partition coefficient (Wildman–Crippen LogP) is 2.10. The number of benzene rings is 1. The Kier molecular flexibility index (Phi) is 1.69. The molecule has 60 valence electrons. The van der Waals surface area contributed by atoms with Gasteiger partial charge in [-0.1, -0.05) is 0 Å². The van der Waals surface area contributed by atoms with Gasteiger partial charge < -0.3 is 5.11 Å². The van der Waals surface area contributed by atoms with Crippen LogP contribution in [0.2, 0.25) is 0 Å². The molecule has 0 radical (unpaired) electrons. The van der Waals surface area contributed by atoms with Crippen molar-refractivity contribution in [1.29, 1.82) is 0 Å². The first kappa shape index (κ1) is 7.49. The van der Waals surface area contributed by atoms with Gasteiger partial charge in [0.2, 0.25) is 0 Å². The van der Waals surface area contributed by atoms with E-state index >= 15 is 0 Å². The molecule has 0 saturated carbocycles. The van der Waals surface area contributed by atoms with Crippen molar-refractivity contribution < 1.29 is 5.11 Å². The van der Waals surface area contributed by atoms with Crippen LogP contribution >= 0.6 is 15.9 Å². The lowest BCUT2D eigenvalue weighted by Gasteiger charge is -1.98. The van der Waals surface area contributed by atoms with Gasteiger partial charge in [-0.2, -0.15) is 0 Å². The molecule has 0 fully saturated rings. The number of hydrogen-bond acceptors (Lipinski definition) is 3. The van der Waals surface area contributed by atoms with Gasteiger partial charge in [0.25, 0.3) is 0 Å². The van der Waals surface area contributed by atoms with Crippen molar-refractivity contribution in [2.75, 3.05) is 0 Å². The van der Waals surface area contributed by atoms with Crippen molar-refractivity contribution >= 4 is 26.8 Å². The van der Waals surface area contributed by atoms with Crippen LogP contribution in [0, 0.1) is 0 Å². The molecule has 0 saturated heterocycles. The van der Waals surface area contributed by atoms with Gasteiger partial charge in [0.15, 0.2) is 0 Å². The number of hydrogen-bond donors (Lipinski definition) is 1. The molecule has 2 aromatic rings. The lowest BCUT2D eigenvalue weighted by atomic mass is 10.2. The number of fused-ring (bicyclic) bond motifs is 1. The molecular weight excluding hydrogens is 220 g/mol. The first-order chi connectivity index (χ1) is 5.77. The minimum absolute atomic E-state index is 0.196. The van der Waals surface area contributed by atoms with Crippen LogP contribution in [0.15, 0.2) is 29.1 Å². The van der Waals surface area contributed by atoms with Gasteiger partial charge in [0.1, 0.15) is 12.1 Å². The van der Waals surface area contributed by atoms with Crippen molar-refractivity contribution in [3.8, 4) is 5.75 Å². The Balaban J connectivity index is 2.84. The van der Waals surface area contributed by atoms with Crippen molar-refractivity contribution in [3.63, 3.8) is 0 Å². The minimum atomic E-state index is 0.196.